The second-order valence-corrected chi connectivity index (χ2v) is 2.30. The van der Waals surface area contributed by atoms with E-state index < -0.39 is 0 Å². The van der Waals surface area contributed by atoms with Gasteiger partial charge in [-0.1, -0.05) is 6.92 Å². The van der Waals surface area contributed by atoms with Crippen LogP contribution in [0.3, 0.4) is 0 Å². The van der Waals surface area contributed by atoms with Gasteiger partial charge in [-0.05, 0) is 20.4 Å². The molecule has 0 aliphatic heterocycles. The Kier molecular flexibility index (Phi) is 4.94. The van der Waals surface area contributed by atoms with Gasteiger partial charge in [0.25, 0.3) is 0 Å². The first kappa shape index (κ1) is 9.43. The molecule has 0 aromatic heterocycles. The molecule has 0 aromatic carbocycles. The Hall–Kier alpha value is -0.570. The van der Waals surface area contributed by atoms with Gasteiger partial charge in [-0.3, -0.25) is 4.79 Å². The number of nitrogens with one attached hydrogen (secondary N) is 2. The molecule has 3 nitrogen and oxygen atoms in total. The van der Waals surface area contributed by atoms with Crippen LogP contribution in [0.2, 0.25) is 0 Å². The van der Waals surface area contributed by atoms with Crippen LogP contribution in [0, 0.1) is 0 Å². The van der Waals surface area contributed by atoms with Crippen molar-refractivity contribution in [2.75, 3.05) is 13.6 Å². The fourth-order valence-electron chi connectivity index (χ4n) is 0.532. The van der Waals surface area contributed by atoms with Crippen molar-refractivity contribution >= 4 is 5.91 Å². The van der Waals surface area contributed by atoms with Crippen molar-refractivity contribution in [3.8, 4) is 0 Å². The van der Waals surface area contributed by atoms with E-state index in [-0.39, 0.29) is 11.9 Å². The van der Waals surface area contributed by atoms with Crippen molar-refractivity contribution in [3.63, 3.8) is 0 Å². The summed E-state index contributed by atoms with van der Waals surface area (Å²) >= 11 is 0. The zero-order chi connectivity index (χ0) is 7.98. The summed E-state index contributed by atoms with van der Waals surface area (Å²) in [5.41, 5.74) is 0. The maximum Gasteiger partial charge on any atom is 0.236 e. The number of hydrogen-bond acceptors (Lipinski definition) is 2. The van der Waals surface area contributed by atoms with Crippen LogP contribution in [0.25, 0.3) is 0 Å². The number of hydrogen-bond donors (Lipinski definition) is 2. The molecule has 1 atom stereocenters. The normalized spacial score (nSPS) is 12.7. The molecule has 2 N–H and O–H groups in total. The molecule has 1 unspecified atom stereocenters. The Balaban J connectivity index is 3.42. The second kappa shape index (κ2) is 5.23. The first-order chi connectivity index (χ1) is 4.72. The quantitative estimate of drug-likeness (QED) is 0.588. The predicted octanol–water partition coefficient (Wildman–Crippen LogP) is 0.120. The molecule has 0 aromatic rings. The maximum atomic E-state index is 11.0. The molecule has 1 amide bonds. The molecule has 0 spiro atoms. The summed E-state index contributed by atoms with van der Waals surface area (Å²) in [6.45, 7) is 4.64. The maximum absolute atomic E-state index is 11.0. The Morgan fingerprint density at radius 3 is 2.60 bits per heavy atom. The smallest absolute Gasteiger partial charge is 0.236 e. The highest BCUT2D eigenvalue weighted by Gasteiger charge is 2.07. The van der Waals surface area contributed by atoms with Gasteiger partial charge in [0.1, 0.15) is 0 Å². The van der Waals surface area contributed by atoms with E-state index in [1.54, 1.807) is 7.05 Å². The van der Waals surface area contributed by atoms with Gasteiger partial charge in [-0.2, -0.15) is 0 Å². The van der Waals surface area contributed by atoms with Crippen LogP contribution in [-0.2, 0) is 4.79 Å². The lowest BCUT2D eigenvalue weighted by Gasteiger charge is -2.09. The highest BCUT2D eigenvalue weighted by atomic mass is 16.2. The fourth-order valence-corrected chi connectivity index (χ4v) is 0.532. The minimum atomic E-state index is -0.0773. The van der Waals surface area contributed by atoms with Gasteiger partial charge < -0.3 is 10.6 Å². The number of likely N-dealkylation sites (N-methyl/N-ethyl adjacent to an activating group) is 1. The van der Waals surface area contributed by atoms with Crippen molar-refractivity contribution < 1.29 is 4.79 Å². The second-order valence-electron chi connectivity index (χ2n) is 2.30. The lowest BCUT2D eigenvalue weighted by molar-refractivity contribution is -0.122. The Labute approximate surface area is 62.2 Å². The summed E-state index contributed by atoms with van der Waals surface area (Å²) in [5, 5.41) is 5.64. The van der Waals surface area contributed by atoms with Crippen molar-refractivity contribution in [3.05, 3.63) is 0 Å². The third-order valence-corrected chi connectivity index (χ3v) is 1.38. The molecule has 0 aliphatic carbocycles. The van der Waals surface area contributed by atoms with E-state index in [0.717, 1.165) is 13.0 Å². The van der Waals surface area contributed by atoms with Gasteiger partial charge in [0, 0.05) is 6.54 Å². The molecule has 3 heteroatoms. The molecule has 0 bridgehead atoms. The largest absolute Gasteiger partial charge is 0.355 e. The summed E-state index contributed by atoms with van der Waals surface area (Å²) in [6, 6.07) is -0.0773. The molecular formula is C7H16N2O. The molecular weight excluding hydrogens is 128 g/mol. The van der Waals surface area contributed by atoms with Gasteiger partial charge in [0.15, 0.2) is 0 Å². The Morgan fingerprint density at radius 1 is 1.60 bits per heavy atom. The first-order valence-electron chi connectivity index (χ1n) is 3.67. The Morgan fingerprint density at radius 2 is 2.20 bits per heavy atom. The van der Waals surface area contributed by atoms with Gasteiger partial charge in [0.2, 0.25) is 5.91 Å². The van der Waals surface area contributed by atoms with E-state index in [4.69, 9.17) is 0 Å². The molecule has 0 fully saturated rings. The van der Waals surface area contributed by atoms with Gasteiger partial charge in [0.05, 0.1) is 6.04 Å². The summed E-state index contributed by atoms with van der Waals surface area (Å²) in [5.74, 6) is 0.0735. The lowest BCUT2D eigenvalue weighted by atomic mass is 10.3. The predicted molar refractivity (Wildman–Crippen MR) is 41.8 cm³/mol. The number of amides is 1. The number of rotatable bonds is 4. The van der Waals surface area contributed by atoms with Gasteiger partial charge in [-0.25, -0.2) is 0 Å². The average Bonchev–Trinajstić information content (AvgIpc) is 1.98. The zero-order valence-electron chi connectivity index (χ0n) is 6.90. The zero-order valence-corrected chi connectivity index (χ0v) is 6.90. The van der Waals surface area contributed by atoms with Crippen molar-refractivity contribution in [2.24, 2.45) is 0 Å². The van der Waals surface area contributed by atoms with E-state index in [1.807, 2.05) is 13.8 Å². The minimum Gasteiger partial charge on any atom is -0.355 e. The number of carbonyl (C=O) groups excluding carboxylic acids is 1. The highest BCUT2D eigenvalue weighted by molar-refractivity contribution is 5.81. The molecule has 0 saturated carbocycles. The summed E-state index contributed by atoms with van der Waals surface area (Å²) < 4.78 is 0. The third-order valence-electron chi connectivity index (χ3n) is 1.38. The monoisotopic (exact) mass is 144 g/mol. The van der Waals surface area contributed by atoms with E-state index in [2.05, 4.69) is 10.6 Å². The van der Waals surface area contributed by atoms with E-state index in [1.165, 1.54) is 0 Å². The van der Waals surface area contributed by atoms with Crippen LogP contribution >= 0.6 is 0 Å². The summed E-state index contributed by atoms with van der Waals surface area (Å²) in [7, 11) is 1.77. The van der Waals surface area contributed by atoms with Crippen LogP contribution < -0.4 is 10.6 Å². The third kappa shape index (κ3) is 3.45. The van der Waals surface area contributed by atoms with Crippen LogP contribution in [0.15, 0.2) is 0 Å². The van der Waals surface area contributed by atoms with E-state index in [9.17, 15) is 4.79 Å². The standard InChI is InChI=1S/C7H16N2O/c1-4-5-9-7(10)6(2)8-3/h6,8H,4-5H2,1-3H3,(H,9,10). The summed E-state index contributed by atoms with van der Waals surface area (Å²) in [4.78, 5) is 11.0. The summed E-state index contributed by atoms with van der Waals surface area (Å²) in [6.07, 6.45) is 0.988. The molecule has 0 heterocycles. The van der Waals surface area contributed by atoms with Gasteiger partial charge >= 0.3 is 0 Å². The van der Waals surface area contributed by atoms with Crippen LogP contribution in [0.1, 0.15) is 20.3 Å². The van der Waals surface area contributed by atoms with Crippen LogP contribution in [0.4, 0.5) is 0 Å². The SMILES string of the molecule is CCCNC(=O)C(C)NC. The molecule has 10 heavy (non-hydrogen) atoms. The fraction of sp³-hybridized carbons (Fsp3) is 0.857. The lowest BCUT2D eigenvalue weighted by Crippen LogP contribution is -2.40. The van der Waals surface area contributed by atoms with E-state index in [0.29, 0.717) is 0 Å². The highest BCUT2D eigenvalue weighted by Crippen LogP contribution is 1.79. The van der Waals surface area contributed by atoms with Crippen molar-refractivity contribution in [1.29, 1.82) is 0 Å². The topological polar surface area (TPSA) is 41.1 Å². The number of carbonyl (C=O) groups is 1. The molecule has 0 rings (SSSR count). The Bertz CT molecular complexity index is 104. The van der Waals surface area contributed by atoms with E-state index >= 15 is 0 Å². The minimum absolute atomic E-state index is 0.0735. The van der Waals surface area contributed by atoms with Crippen LogP contribution in [-0.4, -0.2) is 25.5 Å². The van der Waals surface area contributed by atoms with Crippen LogP contribution in [0.5, 0.6) is 0 Å². The van der Waals surface area contributed by atoms with Crippen molar-refractivity contribution in [2.45, 2.75) is 26.3 Å². The molecule has 0 aliphatic rings. The van der Waals surface area contributed by atoms with Crippen molar-refractivity contribution in [1.82, 2.24) is 10.6 Å². The molecule has 0 radical (unpaired) electrons. The molecule has 0 saturated heterocycles. The molecule has 60 valence electrons. The first-order valence-corrected chi connectivity index (χ1v) is 3.67. The average molecular weight is 144 g/mol. The van der Waals surface area contributed by atoms with Gasteiger partial charge in [-0.15, -0.1) is 0 Å².